The van der Waals surface area contributed by atoms with Crippen molar-refractivity contribution >= 4 is 11.3 Å². The van der Waals surface area contributed by atoms with Crippen molar-refractivity contribution in [1.29, 1.82) is 0 Å². The molecule has 3 nitrogen and oxygen atoms in total. The number of thiazole rings is 1. The lowest BCUT2D eigenvalue weighted by molar-refractivity contribution is -0.680. The fourth-order valence-corrected chi connectivity index (χ4v) is 2.54. The van der Waals surface area contributed by atoms with Crippen LogP contribution in [0.4, 0.5) is 0 Å². The molecule has 0 aromatic carbocycles. The Balaban J connectivity index is 2.90. The van der Waals surface area contributed by atoms with E-state index in [1.165, 1.54) is 15.6 Å². The van der Waals surface area contributed by atoms with E-state index < -0.39 is 0 Å². The summed E-state index contributed by atoms with van der Waals surface area (Å²) in [7, 11) is 2.00. The molecule has 74 valence electrons. The third-order valence-electron chi connectivity index (χ3n) is 2.19. The van der Waals surface area contributed by atoms with E-state index in [0.29, 0.717) is 6.42 Å². The van der Waals surface area contributed by atoms with Crippen molar-refractivity contribution in [3.63, 3.8) is 0 Å². The van der Waals surface area contributed by atoms with Crippen LogP contribution in [0.15, 0.2) is 0 Å². The molecule has 0 unspecified atom stereocenters. The van der Waals surface area contributed by atoms with Crippen molar-refractivity contribution in [2.75, 3.05) is 13.2 Å². The van der Waals surface area contributed by atoms with Gasteiger partial charge in [0.1, 0.15) is 7.05 Å². The maximum atomic E-state index is 8.82. The average molecular weight is 202 g/mol. The molecular weight excluding hydrogens is 186 g/mol. The molecule has 1 aromatic rings. The smallest absolute Gasteiger partial charge is 0.239 e. The number of aromatic nitrogens is 1. The second-order valence-corrected chi connectivity index (χ2v) is 4.18. The molecule has 0 saturated carbocycles. The summed E-state index contributed by atoms with van der Waals surface area (Å²) in [6.07, 6.45) is 1.42. The Morgan fingerprint density at radius 3 is 2.38 bits per heavy atom. The summed E-state index contributed by atoms with van der Waals surface area (Å²) in [6.45, 7) is 2.43. The third kappa shape index (κ3) is 2.27. The van der Waals surface area contributed by atoms with Crippen LogP contribution in [-0.2, 0) is 19.9 Å². The van der Waals surface area contributed by atoms with Gasteiger partial charge in [0.2, 0.25) is 5.01 Å². The van der Waals surface area contributed by atoms with E-state index in [9.17, 15) is 0 Å². The summed E-state index contributed by atoms with van der Waals surface area (Å²) in [5.41, 5.74) is 1.20. The number of aliphatic hydroxyl groups excluding tert-OH is 2. The molecule has 0 spiro atoms. The van der Waals surface area contributed by atoms with Crippen LogP contribution in [0.3, 0.4) is 0 Å². The first kappa shape index (κ1) is 10.6. The van der Waals surface area contributed by atoms with E-state index in [4.69, 9.17) is 10.2 Å². The molecule has 0 saturated heterocycles. The van der Waals surface area contributed by atoms with Crippen LogP contribution in [0, 0.1) is 6.92 Å². The first-order valence-electron chi connectivity index (χ1n) is 4.39. The Morgan fingerprint density at radius 1 is 1.23 bits per heavy atom. The fourth-order valence-electron chi connectivity index (χ4n) is 1.31. The lowest BCUT2D eigenvalue weighted by Crippen LogP contribution is -2.34. The van der Waals surface area contributed by atoms with Gasteiger partial charge in [-0.25, -0.2) is 0 Å². The normalized spacial score (nSPS) is 10.8. The zero-order valence-corrected chi connectivity index (χ0v) is 8.89. The molecule has 1 aromatic heterocycles. The van der Waals surface area contributed by atoms with Crippen molar-refractivity contribution in [3.05, 3.63) is 15.6 Å². The summed E-state index contributed by atoms with van der Waals surface area (Å²) in [5.74, 6) is 0. The van der Waals surface area contributed by atoms with E-state index >= 15 is 0 Å². The Hall–Kier alpha value is -0.450. The van der Waals surface area contributed by atoms with Gasteiger partial charge in [-0.15, -0.1) is 0 Å². The molecule has 13 heavy (non-hydrogen) atoms. The molecule has 0 aliphatic heterocycles. The predicted octanol–water partition coefficient (Wildman–Crippen LogP) is -0.0494. The van der Waals surface area contributed by atoms with E-state index in [1.807, 2.05) is 14.0 Å². The zero-order valence-electron chi connectivity index (χ0n) is 8.08. The topological polar surface area (TPSA) is 44.3 Å². The Kier molecular flexibility index (Phi) is 3.84. The molecule has 4 heteroatoms. The monoisotopic (exact) mass is 202 g/mol. The van der Waals surface area contributed by atoms with Gasteiger partial charge in [-0.2, -0.15) is 4.57 Å². The maximum absolute atomic E-state index is 8.82. The van der Waals surface area contributed by atoms with Crippen LogP contribution in [0.2, 0.25) is 0 Å². The van der Waals surface area contributed by atoms with Gasteiger partial charge in [0.25, 0.3) is 0 Å². The SMILES string of the molecule is Cc1c(CCO)sc(CCO)[n+]1C. The molecule has 0 fully saturated rings. The van der Waals surface area contributed by atoms with E-state index in [2.05, 4.69) is 4.57 Å². The minimum Gasteiger partial charge on any atom is -0.396 e. The highest BCUT2D eigenvalue weighted by Gasteiger charge is 2.18. The fraction of sp³-hybridized carbons (Fsp3) is 0.667. The summed E-state index contributed by atoms with van der Waals surface area (Å²) in [6, 6.07) is 0. The number of aliphatic hydroxyl groups is 2. The van der Waals surface area contributed by atoms with Gasteiger partial charge in [-0.3, -0.25) is 0 Å². The molecule has 2 N–H and O–H groups in total. The number of rotatable bonds is 4. The van der Waals surface area contributed by atoms with E-state index in [-0.39, 0.29) is 13.2 Å². The van der Waals surface area contributed by atoms with Gasteiger partial charge in [-0.05, 0) is 0 Å². The minimum absolute atomic E-state index is 0.187. The van der Waals surface area contributed by atoms with E-state index in [0.717, 1.165) is 6.42 Å². The Morgan fingerprint density at radius 2 is 1.85 bits per heavy atom. The number of hydrogen-bond donors (Lipinski definition) is 2. The van der Waals surface area contributed by atoms with Crippen molar-refractivity contribution in [2.45, 2.75) is 19.8 Å². The molecule has 0 radical (unpaired) electrons. The van der Waals surface area contributed by atoms with Crippen LogP contribution in [0.5, 0.6) is 0 Å². The first-order valence-corrected chi connectivity index (χ1v) is 5.21. The van der Waals surface area contributed by atoms with Crippen LogP contribution in [0.25, 0.3) is 0 Å². The second kappa shape index (κ2) is 4.69. The van der Waals surface area contributed by atoms with Crippen molar-refractivity contribution in [1.82, 2.24) is 0 Å². The van der Waals surface area contributed by atoms with Crippen LogP contribution in [-0.4, -0.2) is 23.4 Å². The zero-order chi connectivity index (χ0) is 9.84. The van der Waals surface area contributed by atoms with Crippen LogP contribution in [0.1, 0.15) is 15.6 Å². The predicted molar refractivity (Wildman–Crippen MR) is 51.8 cm³/mol. The molecule has 0 amide bonds. The van der Waals surface area contributed by atoms with Gasteiger partial charge >= 0.3 is 0 Å². The molecule has 0 bridgehead atoms. The third-order valence-corrected chi connectivity index (χ3v) is 3.65. The highest BCUT2D eigenvalue weighted by Crippen LogP contribution is 2.16. The molecule has 1 rings (SSSR count). The second-order valence-electron chi connectivity index (χ2n) is 3.01. The summed E-state index contributed by atoms with van der Waals surface area (Å²) in [5, 5.41) is 18.8. The quantitative estimate of drug-likeness (QED) is 0.672. The largest absolute Gasteiger partial charge is 0.396 e. The molecular formula is C9H16NO2S+. The van der Waals surface area contributed by atoms with Crippen LogP contribution >= 0.6 is 11.3 Å². The summed E-state index contributed by atoms with van der Waals surface area (Å²) in [4.78, 5) is 1.22. The van der Waals surface area contributed by atoms with Crippen LogP contribution < -0.4 is 4.57 Å². The molecule has 0 aliphatic rings. The Bertz CT molecular complexity index is 257. The highest BCUT2D eigenvalue weighted by atomic mass is 32.1. The average Bonchev–Trinajstić information content (AvgIpc) is 2.36. The molecule has 0 atom stereocenters. The maximum Gasteiger partial charge on any atom is 0.239 e. The van der Waals surface area contributed by atoms with E-state index in [1.54, 1.807) is 11.3 Å². The minimum atomic E-state index is 0.187. The van der Waals surface area contributed by atoms with Gasteiger partial charge < -0.3 is 10.2 Å². The van der Waals surface area contributed by atoms with Crippen molar-refractivity contribution in [3.8, 4) is 0 Å². The Labute approximate surface area is 82.3 Å². The van der Waals surface area contributed by atoms with Gasteiger partial charge in [0, 0.05) is 20.0 Å². The highest BCUT2D eigenvalue weighted by molar-refractivity contribution is 7.11. The van der Waals surface area contributed by atoms with Crippen molar-refractivity contribution < 1.29 is 14.8 Å². The number of nitrogens with zero attached hydrogens (tertiary/aromatic N) is 1. The summed E-state index contributed by atoms with van der Waals surface area (Å²) < 4.78 is 2.09. The molecule has 0 aliphatic carbocycles. The van der Waals surface area contributed by atoms with Gasteiger partial charge in [0.05, 0.1) is 17.9 Å². The lowest BCUT2D eigenvalue weighted by atomic mass is 10.3. The first-order chi connectivity index (χ1) is 6.20. The lowest BCUT2D eigenvalue weighted by Gasteiger charge is -1.90. The van der Waals surface area contributed by atoms with Gasteiger partial charge in [-0.1, -0.05) is 11.3 Å². The molecule has 1 heterocycles. The number of hydrogen-bond acceptors (Lipinski definition) is 3. The van der Waals surface area contributed by atoms with Gasteiger partial charge in [0.15, 0.2) is 5.69 Å². The summed E-state index contributed by atoms with van der Waals surface area (Å²) >= 11 is 1.68. The standard InChI is InChI=1S/C9H16NO2S/c1-7-8(3-5-11)13-9(4-6-12)10(7)2/h11-12H,3-6H2,1-2H3/q+1. The van der Waals surface area contributed by atoms with Crippen molar-refractivity contribution in [2.24, 2.45) is 7.05 Å².